The zero-order chi connectivity index (χ0) is 22.2. The molecule has 4 rings (SSSR count). The summed E-state index contributed by atoms with van der Waals surface area (Å²) in [5.74, 6) is -0.967. The third-order valence-corrected chi connectivity index (χ3v) is 7.24. The Morgan fingerprint density at radius 3 is 2.23 bits per heavy atom. The molecule has 0 radical (unpaired) electrons. The van der Waals surface area contributed by atoms with Crippen LogP contribution in [-0.2, 0) is 4.79 Å². The Morgan fingerprint density at radius 1 is 1.03 bits per heavy atom. The molecule has 0 aliphatic rings. The molecule has 1 aromatic carbocycles. The molecule has 3 aromatic heterocycles. The molecule has 31 heavy (non-hydrogen) atoms. The molecule has 4 aromatic rings. The first-order valence-electron chi connectivity index (χ1n) is 9.64. The second-order valence-corrected chi connectivity index (χ2v) is 9.04. The van der Waals surface area contributed by atoms with E-state index in [0.717, 1.165) is 32.8 Å². The maximum atomic E-state index is 12.0. The van der Waals surface area contributed by atoms with Crippen LogP contribution in [0.15, 0.2) is 76.4 Å². The van der Waals surface area contributed by atoms with Gasteiger partial charge in [-0.15, -0.1) is 22.7 Å². The minimum atomic E-state index is -0.967. The number of nitrogens with zero attached hydrogens (tertiary/aromatic N) is 2. The van der Waals surface area contributed by atoms with E-state index >= 15 is 0 Å². The van der Waals surface area contributed by atoms with Gasteiger partial charge in [-0.1, -0.05) is 68.1 Å². The minimum Gasteiger partial charge on any atom is -0.480 e. The molecule has 1 atom stereocenters. The van der Waals surface area contributed by atoms with Crippen LogP contribution in [0.4, 0.5) is 0 Å². The van der Waals surface area contributed by atoms with Crippen LogP contribution in [0.25, 0.3) is 21.0 Å². The molecule has 0 saturated carbocycles. The largest absolute Gasteiger partial charge is 0.480 e. The predicted octanol–water partition coefficient (Wildman–Crippen LogP) is 7.35. The molecule has 3 heterocycles. The summed E-state index contributed by atoms with van der Waals surface area (Å²) in [6.45, 7) is 4.00. The highest BCUT2D eigenvalue weighted by molar-refractivity contribution is 8.00. The van der Waals surface area contributed by atoms with Crippen molar-refractivity contribution in [2.24, 2.45) is 0 Å². The van der Waals surface area contributed by atoms with Crippen LogP contribution in [-0.4, -0.2) is 16.1 Å². The Balaban J connectivity index is 0.00000132. The molecular weight excluding hydrogens is 444 g/mol. The van der Waals surface area contributed by atoms with Gasteiger partial charge in [0.2, 0.25) is 0 Å². The number of pyridine rings is 1. The number of thioether (sulfide) groups is 1. The highest BCUT2D eigenvalue weighted by Crippen LogP contribution is 2.41. The number of carbonyl (C=O) groups is 1. The smallest absolute Gasteiger partial charge is 0.321 e. The molecule has 1 unspecified atom stereocenters. The number of carboxylic acid groups (broad SMARTS) is 1. The van der Waals surface area contributed by atoms with E-state index in [0.29, 0.717) is 16.2 Å². The first-order chi connectivity index (χ1) is 15.2. The average Bonchev–Trinajstić information content (AvgIpc) is 3.53. The van der Waals surface area contributed by atoms with Crippen LogP contribution < -0.4 is 0 Å². The van der Waals surface area contributed by atoms with Gasteiger partial charge >= 0.3 is 5.97 Å². The van der Waals surface area contributed by atoms with Crippen molar-refractivity contribution >= 4 is 40.4 Å². The number of aromatic nitrogens is 1. The molecule has 7 heteroatoms. The quantitative estimate of drug-likeness (QED) is 0.302. The fraction of sp³-hybridized carbons (Fsp3) is 0.125. The van der Waals surface area contributed by atoms with Gasteiger partial charge in [0.25, 0.3) is 0 Å². The lowest BCUT2D eigenvalue weighted by atomic mass is 10.1. The Morgan fingerprint density at radius 2 is 1.68 bits per heavy atom. The second kappa shape index (κ2) is 10.9. The predicted molar refractivity (Wildman–Crippen MR) is 130 cm³/mol. The first kappa shape index (κ1) is 22.8. The molecule has 0 saturated heterocycles. The highest BCUT2D eigenvalue weighted by Gasteiger charge is 2.25. The Kier molecular flexibility index (Phi) is 8.01. The van der Waals surface area contributed by atoms with E-state index in [-0.39, 0.29) is 0 Å². The van der Waals surface area contributed by atoms with Gasteiger partial charge in [0.15, 0.2) is 0 Å². The van der Waals surface area contributed by atoms with Gasteiger partial charge in [0.1, 0.15) is 16.3 Å². The number of hydrogen-bond donors (Lipinski definition) is 1. The van der Waals surface area contributed by atoms with Gasteiger partial charge in [-0.2, -0.15) is 5.26 Å². The standard InChI is InChI=1S/C22H14N2O2S3.C2H6/c23-13-16-15(18-8-4-10-27-18)12-17(19-9-5-11-28-19)24-21(16)29-20(22(25)26)14-6-2-1-3-7-14;1-2/h1-12,20H,(H,25,26);1-2H3. The van der Waals surface area contributed by atoms with Crippen molar-refractivity contribution in [3.63, 3.8) is 0 Å². The Hall–Kier alpha value is -2.92. The SMILES string of the molecule is CC.N#Cc1c(-c2cccs2)cc(-c2cccs2)nc1SC(C(=O)O)c1ccccc1. The summed E-state index contributed by atoms with van der Waals surface area (Å²) < 4.78 is 0. The Labute approximate surface area is 193 Å². The van der Waals surface area contributed by atoms with Crippen LogP contribution in [0, 0.1) is 11.3 Å². The summed E-state index contributed by atoms with van der Waals surface area (Å²) in [7, 11) is 0. The zero-order valence-corrected chi connectivity index (χ0v) is 19.4. The molecule has 1 N–H and O–H groups in total. The average molecular weight is 465 g/mol. The molecule has 0 spiro atoms. The molecule has 0 amide bonds. The molecular formula is C24H20N2O2S3. The molecule has 0 aliphatic carbocycles. The van der Waals surface area contributed by atoms with Crippen LogP contribution in [0.3, 0.4) is 0 Å². The molecule has 0 fully saturated rings. The van der Waals surface area contributed by atoms with E-state index in [2.05, 4.69) is 6.07 Å². The van der Waals surface area contributed by atoms with Gasteiger partial charge in [0, 0.05) is 10.4 Å². The number of rotatable bonds is 6. The van der Waals surface area contributed by atoms with Gasteiger partial charge in [-0.05, 0) is 34.5 Å². The number of hydrogen-bond acceptors (Lipinski definition) is 6. The number of carboxylic acids is 1. The van der Waals surface area contributed by atoms with Gasteiger partial charge in [-0.3, -0.25) is 4.79 Å². The van der Waals surface area contributed by atoms with E-state index in [4.69, 9.17) is 4.98 Å². The number of benzene rings is 1. The van der Waals surface area contributed by atoms with E-state index in [9.17, 15) is 15.2 Å². The third-order valence-electron chi connectivity index (χ3n) is 4.21. The van der Waals surface area contributed by atoms with Crippen molar-refractivity contribution < 1.29 is 9.90 Å². The van der Waals surface area contributed by atoms with E-state index in [1.807, 2.05) is 73.1 Å². The van der Waals surface area contributed by atoms with E-state index in [1.165, 1.54) is 0 Å². The first-order valence-corrected chi connectivity index (χ1v) is 12.3. The fourth-order valence-corrected chi connectivity index (χ4v) is 5.37. The lowest BCUT2D eigenvalue weighted by Crippen LogP contribution is -2.09. The van der Waals surface area contributed by atoms with Crippen molar-refractivity contribution in [3.8, 4) is 27.1 Å². The Bertz CT molecular complexity index is 1170. The topological polar surface area (TPSA) is 74.0 Å². The highest BCUT2D eigenvalue weighted by atomic mass is 32.2. The summed E-state index contributed by atoms with van der Waals surface area (Å²) in [6.07, 6.45) is 0. The van der Waals surface area contributed by atoms with Gasteiger partial charge in [0.05, 0.1) is 16.1 Å². The van der Waals surface area contributed by atoms with E-state index in [1.54, 1.807) is 34.8 Å². The summed E-state index contributed by atoms with van der Waals surface area (Å²) in [4.78, 5) is 18.6. The molecule has 0 aliphatic heterocycles. The normalized spacial score (nSPS) is 11.1. The third kappa shape index (κ3) is 5.23. The zero-order valence-electron chi connectivity index (χ0n) is 17.0. The van der Waals surface area contributed by atoms with E-state index < -0.39 is 11.2 Å². The maximum absolute atomic E-state index is 12.0. The summed E-state index contributed by atoms with van der Waals surface area (Å²) in [5, 5.41) is 23.2. The minimum absolute atomic E-state index is 0.403. The number of aliphatic carboxylic acids is 1. The van der Waals surface area contributed by atoms with Crippen molar-refractivity contribution in [3.05, 3.63) is 82.6 Å². The molecule has 4 nitrogen and oxygen atoms in total. The van der Waals surface area contributed by atoms with Gasteiger partial charge in [-0.25, -0.2) is 4.98 Å². The summed E-state index contributed by atoms with van der Waals surface area (Å²) in [6, 6.07) is 21.0. The number of thiophene rings is 2. The fourth-order valence-electron chi connectivity index (χ4n) is 2.89. The lowest BCUT2D eigenvalue weighted by Gasteiger charge is -2.15. The lowest BCUT2D eigenvalue weighted by molar-refractivity contribution is -0.136. The van der Waals surface area contributed by atoms with Crippen molar-refractivity contribution in [1.82, 2.24) is 4.98 Å². The number of nitriles is 1. The van der Waals surface area contributed by atoms with Crippen LogP contribution in [0.2, 0.25) is 0 Å². The summed E-state index contributed by atoms with van der Waals surface area (Å²) in [5.41, 5.74) is 2.58. The second-order valence-electron chi connectivity index (χ2n) is 6.05. The monoisotopic (exact) mass is 464 g/mol. The van der Waals surface area contributed by atoms with Crippen molar-refractivity contribution in [1.29, 1.82) is 5.26 Å². The van der Waals surface area contributed by atoms with Crippen LogP contribution in [0.5, 0.6) is 0 Å². The summed E-state index contributed by atoms with van der Waals surface area (Å²) >= 11 is 4.20. The molecule has 156 valence electrons. The van der Waals surface area contributed by atoms with Crippen molar-refractivity contribution in [2.75, 3.05) is 0 Å². The van der Waals surface area contributed by atoms with Crippen LogP contribution >= 0.6 is 34.4 Å². The van der Waals surface area contributed by atoms with Crippen molar-refractivity contribution in [2.45, 2.75) is 24.1 Å². The van der Waals surface area contributed by atoms with Gasteiger partial charge < -0.3 is 5.11 Å². The maximum Gasteiger partial charge on any atom is 0.321 e. The molecule has 0 bridgehead atoms. The van der Waals surface area contributed by atoms with Crippen LogP contribution in [0.1, 0.15) is 30.2 Å².